The molecule has 1 aromatic rings. The zero-order valence-electron chi connectivity index (χ0n) is 11.0. The van der Waals surface area contributed by atoms with Crippen molar-refractivity contribution < 1.29 is 4.79 Å². The molecule has 19 heavy (non-hydrogen) atoms. The zero-order chi connectivity index (χ0) is 13.3. The van der Waals surface area contributed by atoms with Crippen molar-refractivity contribution in [2.45, 2.75) is 38.3 Å². The lowest BCUT2D eigenvalue weighted by atomic mass is 9.63. The lowest BCUT2D eigenvalue weighted by Gasteiger charge is -2.43. The molecule has 1 heterocycles. The summed E-state index contributed by atoms with van der Waals surface area (Å²) in [4.78, 5) is 13.7. The molecule has 0 bridgehead atoms. The van der Waals surface area contributed by atoms with Crippen molar-refractivity contribution in [1.82, 2.24) is 4.90 Å². The highest BCUT2D eigenvalue weighted by atomic mass is 16.1. The fourth-order valence-corrected chi connectivity index (χ4v) is 3.50. The molecule has 98 valence electrons. The quantitative estimate of drug-likeness (QED) is 0.832. The van der Waals surface area contributed by atoms with E-state index in [4.69, 9.17) is 0 Å². The molecule has 1 unspecified atom stereocenters. The number of nitriles is 1. The molecule has 1 saturated heterocycles. The van der Waals surface area contributed by atoms with Crippen LogP contribution in [0.3, 0.4) is 0 Å². The Kier molecular flexibility index (Phi) is 3.12. The normalized spacial score (nSPS) is 25.8. The fraction of sp³-hybridized carbons (Fsp3) is 0.500. The SMILES string of the molecule is N#CC1(C2CCCN2Cc2ccccc2)CC(=O)C1. The largest absolute Gasteiger partial charge is 0.300 e. The second kappa shape index (κ2) is 4.79. The van der Waals surface area contributed by atoms with Crippen LogP contribution in [0.5, 0.6) is 0 Å². The summed E-state index contributed by atoms with van der Waals surface area (Å²) in [7, 11) is 0. The Bertz CT molecular complexity index is 509. The van der Waals surface area contributed by atoms with Crippen LogP contribution in [0.4, 0.5) is 0 Å². The lowest BCUT2D eigenvalue weighted by Crippen LogP contribution is -2.51. The number of hydrogen-bond donors (Lipinski definition) is 0. The molecule has 0 N–H and O–H groups in total. The molecule has 3 heteroatoms. The van der Waals surface area contributed by atoms with Gasteiger partial charge in [-0.2, -0.15) is 5.26 Å². The highest BCUT2D eigenvalue weighted by molar-refractivity contribution is 5.87. The molecule has 2 aliphatic rings. The molecule has 3 nitrogen and oxygen atoms in total. The summed E-state index contributed by atoms with van der Waals surface area (Å²) < 4.78 is 0. The van der Waals surface area contributed by atoms with Crippen molar-refractivity contribution >= 4 is 5.78 Å². The molecule has 1 aliphatic heterocycles. The van der Waals surface area contributed by atoms with Crippen LogP contribution in [0.25, 0.3) is 0 Å². The first-order chi connectivity index (χ1) is 9.23. The molecule has 1 aromatic carbocycles. The number of likely N-dealkylation sites (tertiary alicyclic amines) is 1. The predicted octanol–water partition coefficient (Wildman–Crippen LogP) is 2.52. The van der Waals surface area contributed by atoms with Gasteiger partial charge in [0.05, 0.1) is 11.5 Å². The summed E-state index contributed by atoms with van der Waals surface area (Å²) >= 11 is 0. The number of nitrogens with zero attached hydrogens (tertiary/aromatic N) is 2. The van der Waals surface area contributed by atoms with E-state index in [1.807, 2.05) is 18.2 Å². The van der Waals surface area contributed by atoms with Crippen LogP contribution in [0.15, 0.2) is 30.3 Å². The van der Waals surface area contributed by atoms with Gasteiger partial charge in [-0.3, -0.25) is 9.69 Å². The second-order valence-electron chi connectivity index (χ2n) is 5.77. The van der Waals surface area contributed by atoms with E-state index >= 15 is 0 Å². The Balaban J connectivity index is 1.75. The molecular formula is C16H18N2O. The molecule has 0 amide bonds. The number of carbonyl (C=O) groups is 1. The Morgan fingerprint density at radius 3 is 2.68 bits per heavy atom. The minimum absolute atomic E-state index is 0.244. The van der Waals surface area contributed by atoms with Crippen molar-refractivity contribution in [2.24, 2.45) is 5.41 Å². The van der Waals surface area contributed by atoms with Crippen LogP contribution in [-0.4, -0.2) is 23.3 Å². The van der Waals surface area contributed by atoms with Gasteiger partial charge in [-0.15, -0.1) is 0 Å². The summed E-state index contributed by atoms with van der Waals surface area (Å²) in [6, 6.07) is 13.1. The molecule has 1 atom stereocenters. The highest BCUT2D eigenvalue weighted by Crippen LogP contribution is 2.46. The molecule has 0 radical (unpaired) electrons. The van der Waals surface area contributed by atoms with Gasteiger partial charge in [0.1, 0.15) is 5.78 Å². The van der Waals surface area contributed by atoms with E-state index in [-0.39, 0.29) is 11.8 Å². The van der Waals surface area contributed by atoms with Crippen molar-refractivity contribution in [3.63, 3.8) is 0 Å². The van der Waals surface area contributed by atoms with Crippen LogP contribution in [0.1, 0.15) is 31.2 Å². The molecule has 0 spiro atoms. The van der Waals surface area contributed by atoms with Crippen LogP contribution in [-0.2, 0) is 11.3 Å². The monoisotopic (exact) mass is 254 g/mol. The first-order valence-corrected chi connectivity index (χ1v) is 6.94. The van der Waals surface area contributed by atoms with E-state index in [2.05, 4.69) is 23.1 Å². The van der Waals surface area contributed by atoms with Crippen molar-refractivity contribution in [1.29, 1.82) is 5.26 Å². The van der Waals surface area contributed by atoms with E-state index in [0.29, 0.717) is 12.8 Å². The minimum atomic E-state index is -0.400. The van der Waals surface area contributed by atoms with E-state index < -0.39 is 5.41 Å². The number of carbonyl (C=O) groups excluding carboxylic acids is 1. The maximum absolute atomic E-state index is 11.3. The third-order valence-electron chi connectivity index (χ3n) is 4.48. The average Bonchev–Trinajstić information content (AvgIpc) is 2.84. The summed E-state index contributed by atoms with van der Waals surface area (Å²) in [5, 5.41) is 9.47. The van der Waals surface area contributed by atoms with Crippen molar-refractivity contribution in [3.05, 3.63) is 35.9 Å². The third kappa shape index (κ3) is 2.17. The van der Waals surface area contributed by atoms with E-state index in [9.17, 15) is 10.1 Å². The molecule has 1 aliphatic carbocycles. The van der Waals surface area contributed by atoms with Gasteiger partial charge in [-0.05, 0) is 24.9 Å². The summed E-state index contributed by atoms with van der Waals surface area (Å²) in [5.41, 5.74) is 0.885. The van der Waals surface area contributed by atoms with Gasteiger partial charge in [0.2, 0.25) is 0 Å². The Labute approximate surface area is 113 Å². The first kappa shape index (κ1) is 12.4. The molecule has 2 fully saturated rings. The molecular weight excluding hydrogens is 236 g/mol. The number of hydrogen-bond acceptors (Lipinski definition) is 3. The summed E-state index contributed by atoms with van der Waals surface area (Å²) in [6.45, 7) is 1.93. The Morgan fingerprint density at radius 1 is 1.32 bits per heavy atom. The predicted molar refractivity (Wildman–Crippen MR) is 72.2 cm³/mol. The van der Waals surface area contributed by atoms with Crippen LogP contribution < -0.4 is 0 Å². The van der Waals surface area contributed by atoms with Gasteiger partial charge >= 0.3 is 0 Å². The number of rotatable bonds is 3. The highest BCUT2D eigenvalue weighted by Gasteiger charge is 2.52. The topological polar surface area (TPSA) is 44.1 Å². The summed E-state index contributed by atoms with van der Waals surface area (Å²) in [5.74, 6) is 0.244. The van der Waals surface area contributed by atoms with Gasteiger partial charge in [-0.25, -0.2) is 0 Å². The maximum Gasteiger partial charge on any atom is 0.136 e. The smallest absolute Gasteiger partial charge is 0.136 e. The Morgan fingerprint density at radius 2 is 2.05 bits per heavy atom. The van der Waals surface area contributed by atoms with Crippen LogP contribution in [0.2, 0.25) is 0 Å². The lowest BCUT2D eigenvalue weighted by molar-refractivity contribution is -0.132. The van der Waals surface area contributed by atoms with Crippen LogP contribution in [0, 0.1) is 16.7 Å². The van der Waals surface area contributed by atoms with Gasteiger partial charge in [-0.1, -0.05) is 30.3 Å². The second-order valence-corrected chi connectivity index (χ2v) is 5.77. The average molecular weight is 254 g/mol. The van der Waals surface area contributed by atoms with E-state index in [0.717, 1.165) is 25.9 Å². The standard InChI is InChI=1S/C16H18N2O/c17-12-16(9-14(19)10-16)15-7-4-8-18(15)11-13-5-2-1-3-6-13/h1-3,5-6,15H,4,7-11H2. The minimum Gasteiger partial charge on any atom is -0.300 e. The van der Waals surface area contributed by atoms with Gasteiger partial charge in [0.25, 0.3) is 0 Å². The van der Waals surface area contributed by atoms with Gasteiger partial charge < -0.3 is 0 Å². The Hall–Kier alpha value is -1.66. The molecule has 1 saturated carbocycles. The molecule has 3 rings (SSSR count). The maximum atomic E-state index is 11.3. The van der Waals surface area contributed by atoms with Crippen LogP contribution >= 0.6 is 0 Å². The van der Waals surface area contributed by atoms with Gasteiger partial charge in [0.15, 0.2) is 0 Å². The van der Waals surface area contributed by atoms with E-state index in [1.54, 1.807) is 0 Å². The van der Waals surface area contributed by atoms with Gasteiger partial charge in [0, 0.05) is 25.4 Å². The fourth-order valence-electron chi connectivity index (χ4n) is 3.50. The number of ketones is 1. The van der Waals surface area contributed by atoms with Crippen molar-refractivity contribution in [3.8, 4) is 6.07 Å². The third-order valence-corrected chi connectivity index (χ3v) is 4.48. The number of Topliss-reactive ketones (excluding diaryl/α,β-unsaturated/α-hetero) is 1. The molecule has 0 aromatic heterocycles. The first-order valence-electron chi connectivity index (χ1n) is 6.94. The zero-order valence-corrected chi connectivity index (χ0v) is 11.0. The number of benzene rings is 1. The van der Waals surface area contributed by atoms with E-state index in [1.165, 1.54) is 5.56 Å². The van der Waals surface area contributed by atoms with Crippen molar-refractivity contribution in [2.75, 3.05) is 6.54 Å². The summed E-state index contributed by atoms with van der Waals surface area (Å²) in [6.07, 6.45) is 3.10.